The highest BCUT2D eigenvalue weighted by molar-refractivity contribution is 14.1. The maximum absolute atomic E-state index is 12.6. The number of halogens is 1. The lowest BCUT2D eigenvalue weighted by Gasteiger charge is -2.27. The number of thiophene rings is 1. The van der Waals surface area contributed by atoms with Gasteiger partial charge in [0, 0.05) is 4.88 Å². The van der Waals surface area contributed by atoms with Crippen molar-refractivity contribution < 1.29 is 9.90 Å². The number of phenols is 1. The SMILES string of the molecule is C[C@H]1CCc2c(sc3c2C(=O)N[C@@H](c2ccc(O)c(I)c2)N3)C1. The van der Waals surface area contributed by atoms with Crippen molar-refractivity contribution >= 4 is 44.8 Å². The highest BCUT2D eigenvalue weighted by atomic mass is 127. The van der Waals surface area contributed by atoms with Gasteiger partial charge in [0.25, 0.3) is 5.91 Å². The summed E-state index contributed by atoms with van der Waals surface area (Å²) in [6, 6.07) is 5.41. The average Bonchev–Trinajstić information content (AvgIpc) is 2.87. The smallest absolute Gasteiger partial charge is 0.256 e. The molecule has 2 atom stereocenters. The number of nitrogens with one attached hydrogen (secondary N) is 2. The molecule has 4 rings (SSSR count). The number of carbonyl (C=O) groups is 1. The first-order valence-corrected chi connectivity index (χ1v) is 9.63. The van der Waals surface area contributed by atoms with E-state index in [4.69, 9.17) is 0 Å². The fourth-order valence-electron chi connectivity index (χ4n) is 3.33. The molecule has 0 spiro atoms. The number of rotatable bonds is 1. The quantitative estimate of drug-likeness (QED) is 0.587. The maximum Gasteiger partial charge on any atom is 0.256 e. The average molecular weight is 440 g/mol. The normalized spacial score (nSPS) is 22.8. The van der Waals surface area contributed by atoms with Crippen LogP contribution in [0.25, 0.3) is 0 Å². The Hall–Kier alpha value is -1.28. The number of phenolic OH excluding ortho intramolecular Hbond substituents is 1. The number of hydrogen-bond donors (Lipinski definition) is 3. The van der Waals surface area contributed by atoms with Gasteiger partial charge in [0.15, 0.2) is 0 Å². The van der Waals surface area contributed by atoms with Gasteiger partial charge in [-0.15, -0.1) is 11.3 Å². The van der Waals surface area contributed by atoms with Gasteiger partial charge >= 0.3 is 0 Å². The Morgan fingerprint density at radius 3 is 2.96 bits per heavy atom. The van der Waals surface area contributed by atoms with Gasteiger partial charge in [0.05, 0.1) is 9.13 Å². The van der Waals surface area contributed by atoms with Gasteiger partial charge in [-0.3, -0.25) is 4.79 Å². The van der Waals surface area contributed by atoms with Gasteiger partial charge in [-0.05, 0) is 71.0 Å². The maximum atomic E-state index is 12.6. The molecule has 4 nitrogen and oxygen atoms in total. The Bertz CT molecular complexity index is 802. The topological polar surface area (TPSA) is 61.4 Å². The van der Waals surface area contributed by atoms with Crippen LogP contribution in [-0.2, 0) is 12.8 Å². The van der Waals surface area contributed by atoms with Crippen LogP contribution < -0.4 is 10.6 Å². The molecule has 0 unspecified atom stereocenters. The van der Waals surface area contributed by atoms with Crippen LogP contribution >= 0.6 is 33.9 Å². The molecule has 1 aliphatic carbocycles. The molecule has 0 bridgehead atoms. The van der Waals surface area contributed by atoms with E-state index in [0.717, 1.165) is 39.0 Å². The van der Waals surface area contributed by atoms with Gasteiger partial charge in [0.2, 0.25) is 0 Å². The number of amides is 1. The van der Waals surface area contributed by atoms with E-state index in [-0.39, 0.29) is 17.8 Å². The minimum Gasteiger partial charge on any atom is -0.507 e. The summed E-state index contributed by atoms with van der Waals surface area (Å²) in [6.07, 6.45) is 2.98. The van der Waals surface area contributed by atoms with E-state index in [1.165, 1.54) is 10.4 Å². The molecule has 0 radical (unpaired) electrons. The van der Waals surface area contributed by atoms with E-state index in [1.807, 2.05) is 12.1 Å². The third-order valence-corrected chi connectivity index (χ3v) is 6.64. The summed E-state index contributed by atoms with van der Waals surface area (Å²) in [4.78, 5) is 14.0. The monoisotopic (exact) mass is 440 g/mol. The molecule has 23 heavy (non-hydrogen) atoms. The van der Waals surface area contributed by atoms with Crippen LogP contribution in [-0.4, -0.2) is 11.0 Å². The standard InChI is InChI=1S/C17H17IN2O2S/c1-8-2-4-10-13(6-8)23-17-14(10)16(22)19-15(20-17)9-3-5-12(21)11(18)7-9/h3,5,7-8,15,20-21H,2,4,6H2,1H3,(H,19,22)/t8-,15+/m0/s1. The number of anilines is 1. The molecule has 3 N–H and O–H groups in total. The van der Waals surface area contributed by atoms with Crippen LogP contribution in [0.3, 0.4) is 0 Å². The fraction of sp³-hybridized carbons (Fsp3) is 0.353. The largest absolute Gasteiger partial charge is 0.507 e. The number of carbonyl (C=O) groups excluding carboxylic acids is 1. The van der Waals surface area contributed by atoms with Crippen molar-refractivity contribution in [3.63, 3.8) is 0 Å². The zero-order chi connectivity index (χ0) is 16.1. The molecule has 2 aromatic rings. The Labute approximate surface area is 152 Å². The van der Waals surface area contributed by atoms with E-state index in [0.29, 0.717) is 5.92 Å². The fourth-order valence-corrected chi connectivity index (χ4v) is 5.31. The van der Waals surface area contributed by atoms with Gasteiger partial charge in [-0.1, -0.05) is 13.0 Å². The zero-order valence-electron chi connectivity index (χ0n) is 12.6. The van der Waals surface area contributed by atoms with E-state index in [9.17, 15) is 9.90 Å². The predicted molar refractivity (Wildman–Crippen MR) is 100 cm³/mol. The summed E-state index contributed by atoms with van der Waals surface area (Å²) in [7, 11) is 0. The van der Waals surface area contributed by atoms with Crippen molar-refractivity contribution in [3.8, 4) is 5.75 Å². The lowest BCUT2D eigenvalue weighted by atomic mass is 9.88. The third-order valence-electron chi connectivity index (χ3n) is 4.59. The summed E-state index contributed by atoms with van der Waals surface area (Å²) >= 11 is 3.82. The van der Waals surface area contributed by atoms with Gasteiger partial charge < -0.3 is 15.7 Å². The van der Waals surface area contributed by atoms with Gasteiger partial charge in [0.1, 0.15) is 16.9 Å². The summed E-state index contributed by atoms with van der Waals surface area (Å²) < 4.78 is 0.779. The highest BCUT2D eigenvalue weighted by Crippen LogP contribution is 2.42. The number of aromatic hydroxyl groups is 1. The van der Waals surface area contributed by atoms with Crippen molar-refractivity contribution in [1.82, 2.24) is 5.32 Å². The molecule has 1 aromatic carbocycles. The molecule has 0 fully saturated rings. The van der Waals surface area contributed by atoms with Crippen molar-refractivity contribution in [3.05, 3.63) is 43.3 Å². The third kappa shape index (κ3) is 2.61. The Kier molecular flexibility index (Phi) is 3.76. The summed E-state index contributed by atoms with van der Waals surface area (Å²) in [5, 5.41) is 17.2. The van der Waals surface area contributed by atoms with E-state index >= 15 is 0 Å². The summed E-state index contributed by atoms with van der Waals surface area (Å²) in [5.74, 6) is 0.969. The van der Waals surface area contributed by atoms with Crippen molar-refractivity contribution in [2.24, 2.45) is 5.92 Å². The summed E-state index contributed by atoms with van der Waals surface area (Å²) in [6.45, 7) is 2.27. The molecule has 6 heteroatoms. The van der Waals surface area contributed by atoms with Crippen molar-refractivity contribution in [2.45, 2.75) is 32.4 Å². The second kappa shape index (κ2) is 5.66. The lowest BCUT2D eigenvalue weighted by molar-refractivity contribution is 0.0935. The van der Waals surface area contributed by atoms with Gasteiger partial charge in [-0.2, -0.15) is 0 Å². The van der Waals surface area contributed by atoms with Crippen molar-refractivity contribution in [2.75, 3.05) is 5.32 Å². The van der Waals surface area contributed by atoms with Crippen LogP contribution in [0.5, 0.6) is 5.75 Å². The summed E-state index contributed by atoms with van der Waals surface area (Å²) in [5.41, 5.74) is 3.04. The van der Waals surface area contributed by atoms with Crippen molar-refractivity contribution in [1.29, 1.82) is 0 Å². The Morgan fingerprint density at radius 2 is 2.17 bits per heavy atom. The van der Waals surface area contributed by atoms with Crippen LogP contribution in [0.1, 0.15) is 45.9 Å². The molecular formula is C17H17IN2O2S. The number of benzene rings is 1. The molecule has 0 saturated heterocycles. The van der Waals surface area contributed by atoms with E-state index < -0.39 is 0 Å². The second-order valence-corrected chi connectivity index (χ2v) is 8.58. The number of fused-ring (bicyclic) bond motifs is 3. The molecular weight excluding hydrogens is 423 g/mol. The minimum absolute atomic E-state index is 0.0129. The zero-order valence-corrected chi connectivity index (χ0v) is 15.6. The van der Waals surface area contributed by atoms with Crippen LogP contribution in [0.15, 0.2) is 18.2 Å². The first kappa shape index (κ1) is 15.3. The predicted octanol–water partition coefficient (Wildman–Crippen LogP) is 4.04. The van der Waals surface area contributed by atoms with Crippen LogP contribution in [0, 0.1) is 9.49 Å². The highest BCUT2D eigenvalue weighted by Gasteiger charge is 2.33. The van der Waals surface area contributed by atoms with Crippen LogP contribution in [0.2, 0.25) is 0 Å². The first-order chi connectivity index (χ1) is 11.0. The molecule has 1 aliphatic heterocycles. The van der Waals surface area contributed by atoms with Crippen LogP contribution in [0.4, 0.5) is 5.00 Å². The molecule has 1 aromatic heterocycles. The van der Waals surface area contributed by atoms with E-state index in [1.54, 1.807) is 17.4 Å². The number of hydrogen-bond acceptors (Lipinski definition) is 4. The Morgan fingerprint density at radius 1 is 1.35 bits per heavy atom. The molecule has 1 amide bonds. The molecule has 0 saturated carbocycles. The molecule has 120 valence electrons. The lowest BCUT2D eigenvalue weighted by Crippen LogP contribution is -2.38. The van der Waals surface area contributed by atoms with E-state index in [2.05, 4.69) is 40.1 Å². The Balaban J connectivity index is 1.70. The molecule has 2 aliphatic rings. The minimum atomic E-state index is -0.248. The molecule has 2 heterocycles. The first-order valence-electron chi connectivity index (χ1n) is 7.73. The van der Waals surface area contributed by atoms with Gasteiger partial charge in [-0.25, -0.2) is 0 Å². The second-order valence-electron chi connectivity index (χ2n) is 6.32.